The molecule has 5 rings (SSSR count). The van der Waals surface area contributed by atoms with Crippen molar-refractivity contribution in [2.75, 3.05) is 19.7 Å². The normalized spacial score (nSPS) is 15.3. The third-order valence-electron chi connectivity index (χ3n) is 8.71. The number of ether oxygens (including phenoxy) is 1. The molecule has 0 aliphatic carbocycles. The molecule has 1 aliphatic heterocycles. The van der Waals surface area contributed by atoms with Crippen molar-refractivity contribution in [1.82, 2.24) is 20.2 Å². The fourth-order valence-electron chi connectivity index (χ4n) is 5.75. The molecule has 1 fully saturated rings. The Morgan fingerprint density at radius 2 is 1.63 bits per heavy atom. The first-order valence-electron chi connectivity index (χ1n) is 16.9. The number of carboxylic acids is 1. The number of likely N-dealkylation sites (tertiary alicyclic amines) is 1. The van der Waals surface area contributed by atoms with E-state index in [2.05, 4.69) is 49.9 Å². The zero-order valence-electron chi connectivity index (χ0n) is 28.9. The van der Waals surface area contributed by atoms with Gasteiger partial charge in [0.1, 0.15) is 11.8 Å². The highest BCUT2D eigenvalue weighted by Crippen LogP contribution is 2.30. The molecule has 10 heteroatoms. The molecular formula is C39H46N4O5S. The van der Waals surface area contributed by atoms with Crippen molar-refractivity contribution in [3.05, 3.63) is 88.4 Å². The molecule has 2 aromatic carbocycles. The van der Waals surface area contributed by atoms with Gasteiger partial charge < -0.3 is 20.1 Å². The second-order valence-corrected chi connectivity index (χ2v) is 15.2. The summed E-state index contributed by atoms with van der Waals surface area (Å²) in [7, 11) is 0. The van der Waals surface area contributed by atoms with Gasteiger partial charge in [-0.3, -0.25) is 14.4 Å². The van der Waals surface area contributed by atoms with E-state index in [4.69, 9.17) is 4.74 Å². The number of benzene rings is 2. The van der Waals surface area contributed by atoms with Gasteiger partial charge in [-0.1, -0.05) is 71.0 Å². The molecule has 0 spiro atoms. The number of hydrogen-bond donors (Lipinski definition) is 2. The van der Waals surface area contributed by atoms with Crippen molar-refractivity contribution < 1.29 is 24.2 Å². The average Bonchev–Trinajstić information content (AvgIpc) is 3.79. The molecule has 3 heterocycles. The first-order chi connectivity index (χ1) is 23.4. The number of carbonyl (C=O) groups excluding carboxylic acids is 2. The molecule has 1 aliphatic rings. The van der Waals surface area contributed by atoms with Crippen molar-refractivity contribution in [3.8, 4) is 28.3 Å². The van der Waals surface area contributed by atoms with Crippen LogP contribution in [0.25, 0.3) is 22.5 Å². The second kappa shape index (κ2) is 15.8. The van der Waals surface area contributed by atoms with Crippen molar-refractivity contribution in [2.24, 2.45) is 11.8 Å². The Bertz CT molecular complexity index is 1730. The van der Waals surface area contributed by atoms with Crippen LogP contribution in [0.2, 0.25) is 0 Å². The number of nitrogens with zero attached hydrogens (tertiary/aromatic N) is 3. The molecular weight excluding hydrogens is 637 g/mol. The van der Waals surface area contributed by atoms with E-state index in [1.54, 1.807) is 23.4 Å². The number of aromatic nitrogens is 2. The van der Waals surface area contributed by atoms with Gasteiger partial charge in [0.25, 0.3) is 5.91 Å². The van der Waals surface area contributed by atoms with Crippen LogP contribution in [0.3, 0.4) is 0 Å². The van der Waals surface area contributed by atoms with Gasteiger partial charge in [-0.15, -0.1) is 11.3 Å². The van der Waals surface area contributed by atoms with Crippen LogP contribution in [-0.4, -0.2) is 63.5 Å². The Balaban J connectivity index is 1.25. The van der Waals surface area contributed by atoms with Crippen LogP contribution in [0.1, 0.15) is 74.0 Å². The Kier molecular flexibility index (Phi) is 11.5. The summed E-state index contributed by atoms with van der Waals surface area (Å²) in [5.41, 5.74) is 3.47. The summed E-state index contributed by atoms with van der Waals surface area (Å²) < 4.78 is 5.87. The van der Waals surface area contributed by atoms with Crippen LogP contribution < -0.4 is 10.1 Å². The predicted molar refractivity (Wildman–Crippen MR) is 193 cm³/mol. The third kappa shape index (κ3) is 9.53. The van der Waals surface area contributed by atoms with Gasteiger partial charge in [0.15, 0.2) is 5.82 Å². The number of carboxylic acid groups (broad SMARTS) is 1. The summed E-state index contributed by atoms with van der Waals surface area (Å²) in [6.07, 6.45) is 6.44. The van der Waals surface area contributed by atoms with Crippen LogP contribution in [0.4, 0.5) is 0 Å². The summed E-state index contributed by atoms with van der Waals surface area (Å²) in [6.45, 7) is 11.9. The van der Waals surface area contributed by atoms with Crippen molar-refractivity contribution in [2.45, 2.75) is 71.8 Å². The smallest absolute Gasteiger partial charge is 0.308 e. The Morgan fingerprint density at radius 3 is 2.22 bits per heavy atom. The maximum absolute atomic E-state index is 13.7. The minimum atomic E-state index is -0.912. The van der Waals surface area contributed by atoms with Crippen LogP contribution in [-0.2, 0) is 21.4 Å². The number of nitrogens with one attached hydrogen (secondary N) is 1. The van der Waals surface area contributed by atoms with Gasteiger partial charge in [-0.05, 0) is 66.0 Å². The summed E-state index contributed by atoms with van der Waals surface area (Å²) in [5.74, 6) is -0.0175. The van der Waals surface area contributed by atoms with E-state index >= 15 is 0 Å². The fourth-order valence-corrected chi connectivity index (χ4v) is 6.72. The lowest BCUT2D eigenvalue weighted by atomic mass is 9.95. The quantitative estimate of drug-likeness (QED) is 0.142. The van der Waals surface area contributed by atoms with Crippen LogP contribution in [0, 0.1) is 11.8 Å². The average molecular weight is 683 g/mol. The molecule has 2 amide bonds. The summed E-state index contributed by atoms with van der Waals surface area (Å²) in [6, 6.07) is 18.5. The van der Waals surface area contributed by atoms with Crippen molar-refractivity contribution in [3.63, 3.8) is 0 Å². The number of aliphatic carboxylic acids is 1. The first-order valence-corrected chi connectivity index (χ1v) is 17.8. The highest BCUT2D eigenvalue weighted by molar-refractivity contribution is 7.14. The maximum atomic E-state index is 13.7. The third-order valence-corrected chi connectivity index (χ3v) is 10.2. The van der Waals surface area contributed by atoms with Crippen LogP contribution in [0.15, 0.2) is 73.1 Å². The topological polar surface area (TPSA) is 122 Å². The summed E-state index contributed by atoms with van der Waals surface area (Å²) in [4.78, 5) is 51.0. The highest BCUT2D eigenvalue weighted by atomic mass is 32.1. The van der Waals surface area contributed by atoms with E-state index in [1.807, 2.05) is 54.6 Å². The van der Waals surface area contributed by atoms with Crippen LogP contribution >= 0.6 is 11.3 Å². The fraction of sp³-hybridized carbons (Fsp3) is 0.410. The van der Waals surface area contributed by atoms with E-state index in [9.17, 15) is 19.5 Å². The van der Waals surface area contributed by atoms with E-state index in [0.29, 0.717) is 36.2 Å². The van der Waals surface area contributed by atoms with Crippen LogP contribution in [0.5, 0.6) is 5.75 Å². The maximum Gasteiger partial charge on any atom is 0.308 e. The standard InChI is InChI=1S/C39H46N4O5S/c1-25(2)7-6-20-48-31-14-12-27(13-15-31)30-22-40-35(41-23-30)28-10-8-26(9-11-28)21-32(37(45)43-19-18-29(24-43)38(46)47)42-36(44)33-16-17-34(49-33)39(3,4)5/h8-17,22-23,25,29,32H,6-7,18-21,24H2,1-5H3,(H,42,44)(H,46,47)/t29-,32-/m0/s1. The number of amides is 2. The lowest BCUT2D eigenvalue weighted by Crippen LogP contribution is -2.49. The van der Waals surface area contributed by atoms with Gasteiger partial charge in [0.05, 0.1) is 17.4 Å². The number of rotatable bonds is 13. The largest absolute Gasteiger partial charge is 0.494 e. The van der Waals surface area contributed by atoms with Crippen molar-refractivity contribution in [1.29, 1.82) is 0 Å². The zero-order valence-corrected chi connectivity index (χ0v) is 29.8. The van der Waals surface area contributed by atoms with E-state index in [-0.39, 0.29) is 30.2 Å². The minimum Gasteiger partial charge on any atom is -0.494 e. The molecule has 2 N–H and O–H groups in total. The Labute approximate surface area is 292 Å². The molecule has 258 valence electrons. The van der Waals surface area contributed by atoms with E-state index < -0.39 is 17.9 Å². The molecule has 0 saturated carbocycles. The van der Waals surface area contributed by atoms with E-state index in [0.717, 1.165) is 45.7 Å². The summed E-state index contributed by atoms with van der Waals surface area (Å²) >= 11 is 1.41. The molecule has 0 radical (unpaired) electrons. The SMILES string of the molecule is CC(C)CCCOc1ccc(-c2cnc(-c3ccc(C[C@H](NC(=O)c4ccc(C(C)(C)C)s4)C(=O)N4CC[C@H](C(=O)O)C4)cc3)nc2)cc1. The van der Waals surface area contributed by atoms with E-state index in [1.165, 1.54) is 11.3 Å². The first kappa shape index (κ1) is 35.7. The molecule has 49 heavy (non-hydrogen) atoms. The number of carbonyl (C=O) groups is 3. The lowest BCUT2D eigenvalue weighted by Gasteiger charge is -2.24. The predicted octanol–water partition coefficient (Wildman–Crippen LogP) is 7.26. The minimum absolute atomic E-state index is 0.0982. The molecule has 4 aromatic rings. The molecule has 1 saturated heterocycles. The molecule has 2 atom stereocenters. The molecule has 0 bridgehead atoms. The molecule has 0 unspecified atom stereocenters. The van der Waals surface area contributed by atoms with Gasteiger partial charge in [0, 0.05) is 47.9 Å². The summed E-state index contributed by atoms with van der Waals surface area (Å²) in [5, 5.41) is 12.4. The van der Waals surface area contributed by atoms with Gasteiger partial charge in [-0.25, -0.2) is 9.97 Å². The Morgan fingerprint density at radius 1 is 0.959 bits per heavy atom. The van der Waals surface area contributed by atoms with Gasteiger partial charge >= 0.3 is 5.97 Å². The number of thiophene rings is 1. The van der Waals surface area contributed by atoms with Crippen molar-refractivity contribution >= 4 is 29.1 Å². The van der Waals surface area contributed by atoms with Gasteiger partial charge in [0.2, 0.25) is 5.91 Å². The second-order valence-electron chi connectivity index (χ2n) is 14.2. The number of hydrogen-bond acceptors (Lipinski definition) is 7. The van der Waals surface area contributed by atoms with Gasteiger partial charge in [-0.2, -0.15) is 0 Å². The molecule has 2 aromatic heterocycles. The lowest BCUT2D eigenvalue weighted by molar-refractivity contribution is -0.141. The molecule has 9 nitrogen and oxygen atoms in total. The Hall–Kier alpha value is -4.57. The monoisotopic (exact) mass is 682 g/mol. The highest BCUT2D eigenvalue weighted by Gasteiger charge is 2.35. The zero-order chi connectivity index (χ0) is 35.1.